The van der Waals surface area contributed by atoms with Crippen molar-refractivity contribution < 1.29 is 30.9 Å². The third-order valence-electron chi connectivity index (χ3n) is 13.5. The minimum Gasteiger partial charge on any atom is -0.0616 e. The van der Waals surface area contributed by atoms with Gasteiger partial charge >= 0.3 is 347 Å². The van der Waals surface area contributed by atoms with Gasteiger partial charge in [0, 0.05) is 11.8 Å². The van der Waals surface area contributed by atoms with E-state index in [1.165, 1.54) is 5.56 Å². The molecule has 9 aromatic carbocycles. The van der Waals surface area contributed by atoms with Crippen LogP contribution in [0.3, 0.4) is 0 Å². The molecule has 0 bridgehead atoms. The van der Waals surface area contributed by atoms with Crippen molar-refractivity contribution in [3.05, 3.63) is 245 Å². The first-order valence-corrected chi connectivity index (χ1v) is 24.5. The van der Waals surface area contributed by atoms with E-state index >= 15 is 0 Å². The first kappa shape index (κ1) is 36.7. The minimum atomic E-state index is -0.427. The summed E-state index contributed by atoms with van der Waals surface area (Å²) >= 11 is 2.53. The number of fused-ring (bicyclic) bond motifs is 5. The topological polar surface area (TPSA) is 40.1 Å². The van der Waals surface area contributed by atoms with Crippen LogP contribution in [0.1, 0.15) is 18.0 Å². The predicted octanol–water partition coefficient (Wildman–Crippen LogP) is 15.8. The number of anilines is 2. The number of hydrogen-bond donors (Lipinski definition) is 0. The molecule has 0 aliphatic carbocycles. The number of nitrogens with zero attached hydrogens (tertiary/aromatic N) is 5. The fraction of sp³-hybridized carbons (Fsp3) is 0.0476. The Labute approximate surface area is 424 Å². The number of benzene rings is 9. The number of aryl methyl sites for hydroxylation is 1. The van der Waals surface area contributed by atoms with Crippen molar-refractivity contribution in [2.75, 3.05) is 11.4 Å². The van der Waals surface area contributed by atoms with Crippen LogP contribution in [0.15, 0.2) is 231 Å². The van der Waals surface area contributed by atoms with Gasteiger partial charge in [0.05, 0.1) is 6.85 Å². The monoisotopic (exact) mass is 1090 g/mol. The normalized spacial score (nSPS) is 13.3. The van der Waals surface area contributed by atoms with Gasteiger partial charge in [0.2, 0.25) is 0 Å². The van der Waals surface area contributed by atoms with Crippen molar-refractivity contribution in [3.8, 4) is 62.1 Å². The van der Waals surface area contributed by atoms with Crippen molar-refractivity contribution in [1.82, 2.24) is 18.7 Å². The van der Waals surface area contributed by atoms with E-state index in [4.69, 9.17) is 16.6 Å². The summed E-state index contributed by atoms with van der Waals surface area (Å²) in [5.41, 5.74) is 15.4. The van der Waals surface area contributed by atoms with E-state index in [-0.39, 0.29) is 29.7 Å². The molecule has 0 radical (unpaired) electrons. The molecular formula is C63H45N5OPt. The first-order valence-electron chi connectivity index (χ1n) is 25.8. The van der Waals surface area contributed by atoms with Crippen molar-refractivity contribution in [3.63, 3.8) is 0 Å². The van der Waals surface area contributed by atoms with Crippen LogP contribution in [0, 0.1) is 10.7 Å². The van der Waals surface area contributed by atoms with Crippen LogP contribution < -0.4 is 9.64 Å². The smallest absolute Gasteiger partial charge is 0.0616 e. The summed E-state index contributed by atoms with van der Waals surface area (Å²) in [5, 5.41) is 2.05. The summed E-state index contributed by atoms with van der Waals surface area (Å²) in [6, 6.07) is 66.2. The Morgan fingerprint density at radius 2 is 1.17 bits per heavy atom. The third kappa shape index (κ3) is 7.06. The van der Waals surface area contributed by atoms with Crippen LogP contribution in [-0.2, 0) is 25.8 Å². The number of ether oxygens (including phenoxy) is 1. The summed E-state index contributed by atoms with van der Waals surface area (Å²) in [6.07, 6.45) is 2.43. The number of imidazole rings is 1. The van der Waals surface area contributed by atoms with E-state index in [2.05, 4.69) is 208 Å². The van der Waals surface area contributed by atoms with E-state index < -0.39 is 6.04 Å². The molecule has 7 heteroatoms. The zero-order chi connectivity index (χ0) is 51.1. The van der Waals surface area contributed by atoms with Gasteiger partial charge in [-0.1, -0.05) is 42.3 Å². The fourth-order valence-electron chi connectivity index (χ4n) is 10.3. The summed E-state index contributed by atoms with van der Waals surface area (Å²) in [4.78, 5) is 7.34. The quantitative estimate of drug-likeness (QED) is 0.152. The molecule has 4 heterocycles. The maximum atomic E-state index is 8.67. The summed E-state index contributed by atoms with van der Waals surface area (Å²) in [5.74, 6) is 1.92. The Balaban J connectivity index is 0.989. The average molecular weight is 1090 g/mol. The molecule has 0 fully saturated rings. The molecule has 0 unspecified atom stereocenters. The van der Waals surface area contributed by atoms with Crippen molar-refractivity contribution in [1.29, 1.82) is 0 Å². The van der Waals surface area contributed by atoms with Gasteiger partial charge in [-0.2, -0.15) is 0 Å². The van der Waals surface area contributed by atoms with Crippen LogP contribution in [0.2, 0.25) is 0 Å². The van der Waals surface area contributed by atoms with Gasteiger partial charge in [-0.3, -0.25) is 0 Å². The predicted molar refractivity (Wildman–Crippen MR) is 283 cm³/mol. The molecule has 6 nitrogen and oxygen atoms in total. The van der Waals surface area contributed by atoms with Crippen LogP contribution in [0.5, 0.6) is 11.5 Å². The van der Waals surface area contributed by atoms with Gasteiger partial charge in [-0.05, 0) is 18.1 Å². The molecule has 0 atom stereocenters. The Morgan fingerprint density at radius 3 is 1.91 bits per heavy atom. The number of para-hydroxylation sites is 4. The average Bonchev–Trinajstić information content (AvgIpc) is 3.94. The van der Waals surface area contributed by atoms with E-state index in [0.717, 1.165) is 100 Å². The standard InChI is InChI=1S/C63H45N5O.Pt/c1-43-38-61(64-41-55(43)46-22-10-4-11-23-46)68-56-30-15-14-27-53(56)54-34-32-49(39-59(54)68)69-50-33-35-57-60(40-50)67-42-66(58-31-16-24-47(62(58)67)36-37-65(57)48-25-12-5-13-26-48)63-51(44-18-6-2-7-19-44)28-17-29-52(63)45-20-8-3-9-21-45;/h2-35,38-41H,36-37H2,1H3;/i4D,10D,11D,22D,23D;. The zero-order valence-electron chi connectivity index (χ0n) is 42.9. The van der Waals surface area contributed by atoms with Gasteiger partial charge < -0.3 is 0 Å². The third-order valence-corrected chi connectivity index (χ3v) is 14.5. The summed E-state index contributed by atoms with van der Waals surface area (Å²) in [6.45, 7) is 2.64. The van der Waals surface area contributed by atoms with Crippen molar-refractivity contribution in [2.45, 2.75) is 13.3 Å². The second-order valence-electron chi connectivity index (χ2n) is 17.5. The van der Waals surface area contributed by atoms with Crippen molar-refractivity contribution in [2.24, 2.45) is 0 Å². The van der Waals surface area contributed by atoms with Gasteiger partial charge in [-0.15, -0.1) is 0 Å². The van der Waals surface area contributed by atoms with Crippen LogP contribution in [0.25, 0.3) is 83.4 Å². The molecule has 0 saturated carbocycles. The molecule has 0 saturated heterocycles. The SMILES string of the molecule is [2H]c1c([2H])c([2H])c(-c2cnc(-n3c4ccccc4c4ccc(Oc5ccc6c(c5)-n5[c](=[Pt])n(-c7c(-c8ccccc8)cccc7-c7ccccc7)c7cccc(c75)CCN6c5ccccc5)cc43)cc2C)c([2H])c1[2H]. The van der Waals surface area contributed by atoms with E-state index in [1.807, 2.05) is 31.2 Å². The number of pyridine rings is 1. The summed E-state index contributed by atoms with van der Waals surface area (Å²) in [7, 11) is 0. The number of rotatable bonds is 8. The molecule has 0 spiro atoms. The minimum absolute atomic E-state index is 0.126. The Hall–Kier alpha value is -8.31. The van der Waals surface area contributed by atoms with E-state index in [9.17, 15) is 0 Å². The van der Waals surface area contributed by atoms with Gasteiger partial charge in [0.25, 0.3) is 0 Å². The number of aromatic nitrogens is 4. The molecule has 70 heavy (non-hydrogen) atoms. The van der Waals surface area contributed by atoms with Crippen molar-refractivity contribution >= 4 is 44.2 Å². The molecular weight excluding hydrogens is 1040 g/mol. The van der Waals surface area contributed by atoms with Crippen LogP contribution in [-0.4, -0.2) is 25.2 Å². The Morgan fingerprint density at radius 1 is 0.529 bits per heavy atom. The fourth-order valence-corrected chi connectivity index (χ4v) is 11.4. The molecule has 0 N–H and O–H groups in total. The molecule has 12 aromatic rings. The van der Waals surface area contributed by atoms with Gasteiger partial charge in [0.15, 0.2) is 0 Å². The molecule has 1 aliphatic rings. The second-order valence-corrected chi connectivity index (χ2v) is 18.5. The second kappa shape index (κ2) is 17.3. The molecule has 0 amide bonds. The molecule has 3 aromatic heterocycles. The maximum absolute atomic E-state index is 8.67. The summed E-state index contributed by atoms with van der Waals surface area (Å²) < 4.78 is 57.1. The van der Waals surface area contributed by atoms with Gasteiger partial charge in [0.1, 0.15) is 0 Å². The van der Waals surface area contributed by atoms with Gasteiger partial charge in [-0.25, -0.2) is 0 Å². The first-order chi connectivity index (χ1) is 36.6. The van der Waals surface area contributed by atoms with E-state index in [0.29, 0.717) is 22.9 Å². The van der Waals surface area contributed by atoms with Crippen LogP contribution >= 0.6 is 0 Å². The molecule has 1 aliphatic heterocycles. The Bertz CT molecular complexity index is 4240. The Kier molecular flexibility index (Phi) is 9.09. The zero-order valence-corrected chi connectivity index (χ0v) is 40.2. The van der Waals surface area contributed by atoms with E-state index in [1.54, 1.807) is 6.20 Å². The molecule has 338 valence electrons. The van der Waals surface area contributed by atoms with Crippen LogP contribution in [0.4, 0.5) is 11.4 Å². The number of hydrogen-bond acceptors (Lipinski definition) is 3. The molecule has 13 rings (SSSR count).